The number of benzene rings is 3. The summed E-state index contributed by atoms with van der Waals surface area (Å²) in [5.41, 5.74) is 3.35. The number of hydrogen-bond donors (Lipinski definition) is 5. The van der Waals surface area contributed by atoms with Crippen LogP contribution in [0.3, 0.4) is 0 Å². The minimum Gasteiger partial charge on any atom is -0.480 e. The van der Waals surface area contributed by atoms with E-state index in [0.717, 1.165) is 16.7 Å². The van der Waals surface area contributed by atoms with Crippen LogP contribution in [-0.4, -0.2) is 57.2 Å². The molecule has 0 aromatic heterocycles. The summed E-state index contributed by atoms with van der Waals surface area (Å²) in [5.74, 6) is -4.64. The Balaban J connectivity index is 1.74. The van der Waals surface area contributed by atoms with E-state index in [-0.39, 0.29) is 13.0 Å². The first-order chi connectivity index (χ1) is 19.5. The Bertz CT molecular complexity index is 1350. The van der Waals surface area contributed by atoms with Crippen molar-refractivity contribution in [3.63, 3.8) is 0 Å². The zero-order chi connectivity index (χ0) is 30.0. The average Bonchev–Trinajstić information content (AvgIpc) is 2.95. The number of carboxylic acid groups (broad SMARTS) is 1. The summed E-state index contributed by atoms with van der Waals surface area (Å²) in [5, 5.41) is 23.9. The van der Waals surface area contributed by atoms with Crippen molar-refractivity contribution in [1.82, 2.24) is 10.6 Å². The fraction of sp³-hybridized carbons (Fsp3) is 0.300. The predicted octanol–water partition coefficient (Wildman–Crippen LogP) is 4.01. The standard InChI is InChI=1S/C30H35N2O8P/c1-20(33)27(29(35)36)32-28(34)26(17-22-13-15-25(16-14-22)24-11-7-4-8-12-24)19-41(38,39)21(2)31-30(37)40-18-23-9-5-3-6-10-23/h3-16,20-21,26-27,33H,17-19H2,1-2H3,(H,31,37)(H,32,34)(H,35,36)(H,38,39)/t20?,21-,26-,27+/m1/s1. The molecule has 5 N–H and O–H groups in total. The third kappa shape index (κ3) is 9.56. The number of carbonyl (C=O) groups is 3. The minimum atomic E-state index is -4.21. The number of hydrogen-bond acceptors (Lipinski definition) is 6. The van der Waals surface area contributed by atoms with E-state index in [1.54, 1.807) is 36.4 Å². The molecule has 0 aliphatic heterocycles. The van der Waals surface area contributed by atoms with Gasteiger partial charge in [0.1, 0.15) is 12.4 Å². The zero-order valence-electron chi connectivity index (χ0n) is 22.8. The van der Waals surface area contributed by atoms with E-state index >= 15 is 0 Å². The molecule has 0 radical (unpaired) electrons. The molecule has 2 unspecified atom stereocenters. The number of alkyl carbamates (subject to hydrolysis) is 1. The fourth-order valence-corrected chi connectivity index (χ4v) is 5.71. The van der Waals surface area contributed by atoms with Gasteiger partial charge in [0.2, 0.25) is 13.3 Å². The molecule has 0 aliphatic carbocycles. The molecule has 41 heavy (non-hydrogen) atoms. The molecule has 0 spiro atoms. The third-order valence-electron chi connectivity index (χ3n) is 6.59. The maximum Gasteiger partial charge on any atom is 0.408 e. The first-order valence-electron chi connectivity index (χ1n) is 13.1. The van der Waals surface area contributed by atoms with E-state index in [1.807, 2.05) is 48.5 Å². The molecule has 2 amide bonds. The highest BCUT2D eigenvalue weighted by Crippen LogP contribution is 2.47. The SMILES string of the molecule is CC(O)[C@H](NC(=O)[C@H](Cc1ccc(-c2ccccc2)cc1)CP(=O)(O)[C@H](C)NC(=O)OCc1ccccc1)C(=O)O. The average molecular weight is 583 g/mol. The minimum absolute atomic E-state index is 0.0166. The molecular formula is C30H35N2O8P. The summed E-state index contributed by atoms with van der Waals surface area (Å²) in [4.78, 5) is 48.0. The van der Waals surface area contributed by atoms with Crippen molar-refractivity contribution in [3.8, 4) is 11.1 Å². The Kier molecular flexibility index (Phi) is 11.2. The van der Waals surface area contributed by atoms with Crippen LogP contribution in [0, 0.1) is 5.92 Å². The molecule has 218 valence electrons. The number of carbonyl (C=O) groups excluding carboxylic acids is 2. The monoisotopic (exact) mass is 582 g/mol. The molecule has 0 aliphatic rings. The van der Waals surface area contributed by atoms with Crippen LogP contribution < -0.4 is 10.6 Å². The molecule has 0 saturated carbocycles. The molecule has 0 fully saturated rings. The Morgan fingerprint density at radius 1 is 0.829 bits per heavy atom. The van der Waals surface area contributed by atoms with Gasteiger partial charge < -0.3 is 30.5 Å². The number of aliphatic hydroxyl groups is 1. The van der Waals surface area contributed by atoms with Crippen molar-refractivity contribution in [2.24, 2.45) is 5.92 Å². The highest BCUT2D eigenvalue weighted by Gasteiger charge is 2.37. The number of rotatable bonds is 13. The third-order valence-corrected chi connectivity index (χ3v) is 8.89. The Morgan fingerprint density at radius 3 is 1.95 bits per heavy atom. The summed E-state index contributed by atoms with van der Waals surface area (Å²) in [7, 11) is -4.21. The van der Waals surface area contributed by atoms with Gasteiger partial charge in [-0.1, -0.05) is 84.9 Å². The lowest BCUT2D eigenvalue weighted by atomic mass is 9.97. The lowest BCUT2D eigenvalue weighted by Crippen LogP contribution is -2.50. The topological polar surface area (TPSA) is 162 Å². The molecule has 3 rings (SSSR count). The van der Waals surface area contributed by atoms with E-state index in [4.69, 9.17) is 4.74 Å². The Morgan fingerprint density at radius 2 is 1.39 bits per heavy atom. The van der Waals surface area contributed by atoms with Crippen LogP contribution >= 0.6 is 7.37 Å². The van der Waals surface area contributed by atoms with Gasteiger partial charge >= 0.3 is 12.1 Å². The predicted molar refractivity (Wildman–Crippen MR) is 154 cm³/mol. The second kappa shape index (κ2) is 14.6. The van der Waals surface area contributed by atoms with Crippen LogP contribution in [0.15, 0.2) is 84.9 Å². The van der Waals surface area contributed by atoms with E-state index in [9.17, 15) is 34.1 Å². The van der Waals surface area contributed by atoms with Gasteiger partial charge in [-0.3, -0.25) is 9.36 Å². The molecule has 0 bridgehead atoms. The summed E-state index contributed by atoms with van der Waals surface area (Å²) in [6, 6.07) is 24.3. The van der Waals surface area contributed by atoms with E-state index in [1.165, 1.54) is 13.8 Å². The highest BCUT2D eigenvalue weighted by atomic mass is 31.2. The van der Waals surface area contributed by atoms with Gasteiger partial charge in [-0.2, -0.15) is 0 Å². The highest BCUT2D eigenvalue weighted by molar-refractivity contribution is 7.58. The van der Waals surface area contributed by atoms with E-state index in [2.05, 4.69) is 10.6 Å². The molecular weight excluding hydrogens is 547 g/mol. The van der Waals surface area contributed by atoms with Crippen molar-refractivity contribution in [1.29, 1.82) is 0 Å². The van der Waals surface area contributed by atoms with Crippen molar-refractivity contribution in [2.75, 3.05) is 6.16 Å². The number of amides is 2. The molecule has 3 aromatic carbocycles. The molecule has 0 heterocycles. The van der Waals surface area contributed by atoms with Gasteiger partial charge in [0.05, 0.1) is 12.0 Å². The van der Waals surface area contributed by atoms with Crippen LogP contribution in [0.2, 0.25) is 0 Å². The van der Waals surface area contributed by atoms with Gasteiger partial charge in [0.25, 0.3) is 0 Å². The molecule has 3 aromatic rings. The van der Waals surface area contributed by atoms with Gasteiger partial charge in [0, 0.05) is 6.16 Å². The summed E-state index contributed by atoms with van der Waals surface area (Å²) in [6.45, 7) is 2.53. The molecule has 5 atom stereocenters. The summed E-state index contributed by atoms with van der Waals surface area (Å²) >= 11 is 0. The Hall–Kier alpha value is -3.98. The largest absolute Gasteiger partial charge is 0.480 e. The van der Waals surface area contributed by atoms with Crippen molar-refractivity contribution >= 4 is 25.3 Å². The maximum atomic E-state index is 13.4. The lowest BCUT2D eigenvalue weighted by molar-refractivity contribution is -0.145. The number of aliphatic hydroxyl groups excluding tert-OH is 1. The van der Waals surface area contributed by atoms with Crippen LogP contribution in [0.25, 0.3) is 11.1 Å². The first kappa shape index (κ1) is 31.5. The van der Waals surface area contributed by atoms with E-state index in [0.29, 0.717) is 5.56 Å². The molecule has 10 nitrogen and oxygen atoms in total. The van der Waals surface area contributed by atoms with Gasteiger partial charge in [-0.05, 0) is 42.5 Å². The second-order valence-corrected chi connectivity index (χ2v) is 12.5. The zero-order valence-corrected chi connectivity index (χ0v) is 23.7. The Labute approximate surface area is 238 Å². The van der Waals surface area contributed by atoms with Crippen molar-refractivity contribution in [3.05, 3.63) is 96.1 Å². The maximum absolute atomic E-state index is 13.4. The fourth-order valence-electron chi connectivity index (χ4n) is 4.16. The van der Waals surface area contributed by atoms with Crippen LogP contribution in [-0.2, 0) is 31.9 Å². The number of ether oxygens (including phenoxy) is 1. The summed E-state index contributed by atoms with van der Waals surface area (Å²) in [6.07, 6.45) is -2.83. The number of nitrogens with one attached hydrogen (secondary N) is 2. The quantitative estimate of drug-likeness (QED) is 0.189. The second-order valence-electron chi connectivity index (χ2n) is 9.85. The molecule has 0 saturated heterocycles. The molecule has 11 heteroatoms. The lowest BCUT2D eigenvalue weighted by Gasteiger charge is -2.26. The smallest absolute Gasteiger partial charge is 0.408 e. The van der Waals surface area contributed by atoms with Gasteiger partial charge in [-0.25, -0.2) is 9.59 Å². The van der Waals surface area contributed by atoms with Gasteiger partial charge in [0.15, 0.2) is 6.04 Å². The van der Waals surface area contributed by atoms with Crippen LogP contribution in [0.5, 0.6) is 0 Å². The van der Waals surface area contributed by atoms with Gasteiger partial charge in [-0.15, -0.1) is 0 Å². The van der Waals surface area contributed by atoms with Crippen LogP contribution in [0.4, 0.5) is 4.79 Å². The summed E-state index contributed by atoms with van der Waals surface area (Å²) < 4.78 is 18.5. The first-order valence-corrected chi connectivity index (χ1v) is 15.0. The van der Waals surface area contributed by atoms with Crippen LogP contribution in [0.1, 0.15) is 25.0 Å². The number of carboxylic acids is 1. The van der Waals surface area contributed by atoms with E-state index < -0.39 is 55.3 Å². The number of aliphatic carboxylic acids is 1. The van der Waals surface area contributed by atoms with Crippen molar-refractivity contribution in [2.45, 2.75) is 44.8 Å². The normalized spacial score (nSPS) is 15.4. The van der Waals surface area contributed by atoms with Crippen molar-refractivity contribution < 1.29 is 38.8 Å².